The first-order chi connectivity index (χ1) is 6.42. The molecule has 0 unspecified atom stereocenters. The van der Waals surface area contributed by atoms with E-state index in [4.69, 9.17) is 11.6 Å². The third kappa shape index (κ3) is 1.68. The highest BCUT2D eigenvalue weighted by molar-refractivity contribution is 6.19. The first kappa shape index (κ1) is 8.58. The van der Waals surface area contributed by atoms with Crippen LogP contribution in [0.25, 0.3) is 12.2 Å². The van der Waals surface area contributed by atoms with Crippen LogP contribution in [-0.2, 0) is 6.42 Å². The van der Waals surface area contributed by atoms with Crippen molar-refractivity contribution in [1.29, 1.82) is 0 Å². The molecule has 0 aromatic heterocycles. The predicted octanol–water partition coefficient (Wildman–Crippen LogP) is 3.51. The number of allylic oxidation sites excluding steroid dienone is 2. The van der Waals surface area contributed by atoms with Crippen LogP contribution in [0.1, 0.15) is 16.7 Å². The van der Waals surface area contributed by atoms with Crippen LogP contribution in [0.2, 0.25) is 0 Å². The Balaban J connectivity index is 2.38. The van der Waals surface area contributed by atoms with Gasteiger partial charge in [0.25, 0.3) is 0 Å². The number of benzene rings is 1. The van der Waals surface area contributed by atoms with Gasteiger partial charge in [-0.1, -0.05) is 42.5 Å². The van der Waals surface area contributed by atoms with Crippen LogP contribution >= 0.6 is 11.6 Å². The summed E-state index contributed by atoms with van der Waals surface area (Å²) in [5.41, 5.74) is 4.06. The van der Waals surface area contributed by atoms with Crippen LogP contribution in [0.3, 0.4) is 0 Å². The van der Waals surface area contributed by atoms with Gasteiger partial charge in [-0.25, -0.2) is 0 Å². The van der Waals surface area contributed by atoms with Crippen molar-refractivity contribution in [3.8, 4) is 0 Å². The number of fused-ring (bicyclic) bond motifs is 1. The number of rotatable bonds is 2. The Kier molecular flexibility index (Phi) is 2.51. The Morgan fingerprint density at radius 3 is 3.15 bits per heavy atom. The second-order valence-corrected chi connectivity index (χ2v) is 3.39. The van der Waals surface area contributed by atoms with Crippen LogP contribution in [0.4, 0.5) is 0 Å². The summed E-state index contributed by atoms with van der Waals surface area (Å²) in [6.45, 7) is 0. The fourth-order valence-corrected chi connectivity index (χ4v) is 1.74. The zero-order valence-electron chi connectivity index (χ0n) is 7.33. The molecule has 0 aliphatic heterocycles. The zero-order valence-corrected chi connectivity index (χ0v) is 8.09. The van der Waals surface area contributed by atoms with Gasteiger partial charge in [0.2, 0.25) is 0 Å². The molecule has 0 N–H and O–H groups in total. The van der Waals surface area contributed by atoms with Gasteiger partial charge in [-0.05, 0) is 23.1 Å². The fraction of sp³-hybridized carbons (Fsp3) is 0.167. The van der Waals surface area contributed by atoms with Gasteiger partial charge in [-0.2, -0.15) is 0 Å². The topological polar surface area (TPSA) is 0 Å². The van der Waals surface area contributed by atoms with Crippen molar-refractivity contribution >= 4 is 23.8 Å². The average Bonchev–Trinajstić information content (AvgIpc) is 2.62. The molecule has 0 saturated heterocycles. The molecule has 2 rings (SSSR count). The van der Waals surface area contributed by atoms with Gasteiger partial charge in [0, 0.05) is 5.88 Å². The van der Waals surface area contributed by atoms with Crippen molar-refractivity contribution in [2.75, 3.05) is 5.88 Å². The van der Waals surface area contributed by atoms with Crippen molar-refractivity contribution in [3.63, 3.8) is 0 Å². The second-order valence-electron chi connectivity index (χ2n) is 3.08. The molecule has 0 heterocycles. The lowest BCUT2D eigenvalue weighted by Gasteiger charge is -2.02. The Hall–Kier alpha value is -1.01. The molecule has 1 aliphatic rings. The Labute approximate surface area is 83.5 Å². The molecule has 1 aromatic carbocycles. The highest BCUT2D eigenvalue weighted by Crippen LogP contribution is 2.23. The van der Waals surface area contributed by atoms with Gasteiger partial charge in [0.15, 0.2) is 0 Å². The summed E-state index contributed by atoms with van der Waals surface area (Å²) in [5, 5.41) is 0. The van der Waals surface area contributed by atoms with E-state index in [1.807, 2.05) is 6.08 Å². The molecule has 1 aromatic rings. The molecule has 13 heavy (non-hydrogen) atoms. The zero-order chi connectivity index (χ0) is 9.10. The minimum absolute atomic E-state index is 0.580. The summed E-state index contributed by atoms with van der Waals surface area (Å²) in [4.78, 5) is 0. The SMILES string of the molecule is ClCC=Cc1cccc2c1CC=C2. The van der Waals surface area contributed by atoms with Gasteiger partial charge in [-0.3, -0.25) is 0 Å². The molecule has 1 heteroatoms. The van der Waals surface area contributed by atoms with Crippen LogP contribution in [0.15, 0.2) is 30.4 Å². The maximum atomic E-state index is 5.60. The molecule has 0 saturated carbocycles. The van der Waals surface area contributed by atoms with E-state index in [0.717, 1.165) is 6.42 Å². The van der Waals surface area contributed by atoms with E-state index in [1.54, 1.807) is 0 Å². The minimum Gasteiger partial charge on any atom is -0.122 e. The molecule has 0 amide bonds. The lowest BCUT2D eigenvalue weighted by Crippen LogP contribution is -1.86. The third-order valence-electron chi connectivity index (χ3n) is 2.25. The monoisotopic (exact) mass is 190 g/mol. The van der Waals surface area contributed by atoms with Gasteiger partial charge in [0.1, 0.15) is 0 Å². The van der Waals surface area contributed by atoms with E-state index in [-0.39, 0.29) is 0 Å². The minimum atomic E-state index is 0.580. The molecule has 0 fully saturated rings. The smallest absolute Gasteiger partial charge is 0.0407 e. The highest BCUT2D eigenvalue weighted by Gasteiger charge is 2.06. The first-order valence-electron chi connectivity index (χ1n) is 4.43. The largest absolute Gasteiger partial charge is 0.122 e. The van der Waals surface area contributed by atoms with E-state index in [1.165, 1.54) is 16.7 Å². The van der Waals surface area contributed by atoms with Crippen molar-refractivity contribution < 1.29 is 0 Å². The summed E-state index contributed by atoms with van der Waals surface area (Å²) in [7, 11) is 0. The molecule has 0 radical (unpaired) electrons. The molecule has 66 valence electrons. The second kappa shape index (κ2) is 3.80. The third-order valence-corrected chi connectivity index (χ3v) is 2.43. The normalized spacial score (nSPS) is 13.9. The van der Waals surface area contributed by atoms with Crippen molar-refractivity contribution in [1.82, 2.24) is 0 Å². The number of halogens is 1. The van der Waals surface area contributed by atoms with Gasteiger partial charge >= 0.3 is 0 Å². The van der Waals surface area contributed by atoms with E-state index in [9.17, 15) is 0 Å². The van der Waals surface area contributed by atoms with Crippen LogP contribution in [0.5, 0.6) is 0 Å². The highest BCUT2D eigenvalue weighted by atomic mass is 35.5. The molecular formula is C12H11Cl. The van der Waals surface area contributed by atoms with E-state index < -0.39 is 0 Å². The quantitative estimate of drug-likeness (QED) is 0.627. The van der Waals surface area contributed by atoms with Gasteiger partial charge in [-0.15, -0.1) is 11.6 Å². The summed E-state index contributed by atoms with van der Waals surface area (Å²) in [5.74, 6) is 0.580. The summed E-state index contributed by atoms with van der Waals surface area (Å²) in [6.07, 6.45) is 9.50. The maximum absolute atomic E-state index is 5.60. The number of hydrogen-bond donors (Lipinski definition) is 0. The molecule has 0 nitrogen and oxygen atoms in total. The predicted molar refractivity (Wildman–Crippen MR) is 58.9 cm³/mol. The molecule has 1 aliphatic carbocycles. The summed E-state index contributed by atoms with van der Waals surface area (Å²) >= 11 is 5.60. The van der Waals surface area contributed by atoms with Crippen molar-refractivity contribution in [2.45, 2.75) is 6.42 Å². The van der Waals surface area contributed by atoms with E-state index in [2.05, 4.69) is 36.4 Å². The standard InChI is InChI=1S/C12H11Cl/c13-9-3-7-11-5-1-4-10-6-2-8-12(10)11/h1-7H,8-9H2. The Morgan fingerprint density at radius 2 is 2.31 bits per heavy atom. The number of alkyl halides is 1. The Morgan fingerprint density at radius 1 is 1.38 bits per heavy atom. The van der Waals surface area contributed by atoms with Crippen molar-refractivity contribution in [3.05, 3.63) is 47.0 Å². The maximum Gasteiger partial charge on any atom is 0.0407 e. The molecule has 0 spiro atoms. The molecule has 0 bridgehead atoms. The van der Waals surface area contributed by atoms with Gasteiger partial charge < -0.3 is 0 Å². The first-order valence-corrected chi connectivity index (χ1v) is 4.96. The summed E-state index contributed by atoms with van der Waals surface area (Å²) < 4.78 is 0. The van der Waals surface area contributed by atoms with E-state index >= 15 is 0 Å². The van der Waals surface area contributed by atoms with Gasteiger partial charge in [0.05, 0.1) is 0 Å². The Bertz CT molecular complexity index is 361. The lowest BCUT2D eigenvalue weighted by atomic mass is 10.0. The van der Waals surface area contributed by atoms with Crippen LogP contribution in [-0.4, -0.2) is 5.88 Å². The number of hydrogen-bond acceptors (Lipinski definition) is 0. The molecule has 0 atom stereocenters. The lowest BCUT2D eigenvalue weighted by molar-refractivity contribution is 1.29. The van der Waals surface area contributed by atoms with Crippen molar-refractivity contribution in [2.24, 2.45) is 0 Å². The fourth-order valence-electron chi connectivity index (χ4n) is 1.65. The van der Waals surface area contributed by atoms with Crippen LogP contribution in [0, 0.1) is 0 Å². The van der Waals surface area contributed by atoms with Crippen LogP contribution < -0.4 is 0 Å². The van der Waals surface area contributed by atoms with E-state index in [0.29, 0.717) is 5.88 Å². The molecular weight excluding hydrogens is 180 g/mol. The summed E-state index contributed by atoms with van der Waals surface area (Å²) in [6, 6.07) is 6.37. The average molecular weight is 191 g/mol.